The Labute approximate surface area is 140 Å². The predicted molar refractivity (Wildman–Crippen MR) is 98.6 cm³/mol. The first-order valence-corrected chi connectivity index (χ1v) is 8.58. The number of rotatable bonds is 3. The molecule has 0 aromatic heterocycles. The zero-order valence-electron chi connectivity index (χ0n) is 14.6. The van der Waals surface area contributed by atoms with E-state index < -0.39 is 0 Å². The fraction of sp³-hybridized carbons (Fsp3) is 0.300. The van der Waals surface area contributed by atoms with E-state index >= 15 is 0 Å². The third-order valence-electron chi connectivity index (χ3n) is 4.00. The molecule has 120 valence electrons. The molecule has 0 atom stereocenters. The van der Waals surface area contributed by atoms with E-state index in [0.29, 0.717) is 13.8 Å². The van der Waals surface area contributed by atoms with Crippen molar-refractivity contribution in [3.8, 4) is 0 Å². The summed E-state index contributed by atoms with van der Waals surface area (Å²) in [7, 11) is 0.327. The van der Waals surface area contributed by atoms with Gasteiger partial charge in [0.05, 0.1) is 0 Å². The number of carbonyl (C=O) groups is 1. The number of hydrogen-bond acceptors (Lipinski definition) is 1. The van der Waals surface area contributed by atoms with Gasteiger partial charge in [-0.25, -0.2) is 0 Å². The SMILES string of the molecule is Cc1cc(C)c(C(=O)/P=C(\O)c2c(C)cc(C)cc2C)c(C)c1. The molecule has 1 N–H and O–H groups in total. The van der Waals surface area contributed by atoms with Crippen LogP contribution in [0.1, 0.15) is 49.3 Å². The quantitative estimate of drug-likeness (QED) is 0.790. The van der Waals surface area contributed by atoms with Crippen LogP contribution in [-0.4, -0.2) is 16.1 Å². The summed E-state index contributed by atoms with van der Waals surface area (Å²) >= 11 is 0. The first-order chi connectivity index (χ1) is 10.7. The molecular formula is C20H23O2P. The van der Waals surface area contributed by atoms with Crippen molar-refractivity contribution in [3.05, 3.63) is 68.8 Å². The van der Waals surface area contributed by atoms with Gasteiger partial charge in [-0.05, 0) is 63.8 Å². The highest BCUT2D eigenvalue weighted by atomic mass is 31.1. The highest BCUT2D eigenvalue weighted by molar-refractivity contribution is 7.60. The zero-order chi connectivity index (χ0) is 17.3. The Morgan fingerprint density at radius 2 is 1.09 bits per heavy atom. The van der Waals surface area contributed by atoms with E-state index in [-0.39, 0.29) is 11.0 Å². The van der Waals surface area contributed by atoms with E-state index in [1.54, 1.807) is 0 Å². The molecule has 0 aliphatic carbocycles. The number of hydrogen-bond donors (Lipinski definition) is 1. The van der Waals surface area contributed by atoms with Crippen molar-refractivity contribution in [1.82, 2.24) is 0 Å². The van der Waals surface area contributed by atoms with E-state index in [1.807, 2.05) is 65.8 Å². The van der Waals surface area contributed by atoms with E-state index in [4.69, 9.17) is 0 Å². The largest absolute Gasteiger partial charge is 0.356 e. The van der Waals surface area contributed by atoms with Gasteiger partial charge in [0.25, 0.3) is 0 Å². The number of aliphatic hydroxyl groups is 1. The van der Waals surface area contributed by atoms with Crippen LogP contribution in [0.5, 0.6) is 0 Å². The second kappa shape index (κ2) is 6.78. The number of carbonyl (C=O) groups excluding carboxylic acids is 1. The molecule has 2 rings (SSSR count). The van der Waals surface area contributed by atoms with Gasteiger partial charge in [0.1, 0.15) is 5.48 Å². The Morgan fingerprint density at radius 1 is 0.739 bits per heavy atom. The van der Waals surface area contributed by atoms with Crippen LogP contribution in [0.4, 0.5) is 0 Å². The van der Waals surface area contributed by atoms with Gasteiger partial charge < -0.3 is 5.11 Å². The first-order valence-electron chi connectivity index (χ1n) is 7.68. The molecule has 0 radical (unpaired) electrons. The van der Waals surface area contributed by atoms with Gasteiger partial charge in [0.15, 0.2) is 0 Å². The molecule has 0 saturated carbocycles. The molecule has 0 spiro atoms. The lowest BCUT2D eigenvalue weighted by Crippen LogP contribution is -2.06. The minimum Gasteiger partial charge on any atom is -0.356 e. The molecule has 23 heavy (non-hydrogen) atoms. The molecule has 0 saturated heterocycles. The van der Waals surface area contributed by atoms with E-state index in [1.165, 1.54) is 0 Å². The number of aliphatic hydroxyl groups excluding tert-OH is 1. The van der Waals surface area contributed by atoms with Crippen molar-refractivity contribution in [2.24, 2.45) is 0 Å². The second-order valence-electron chi connectivity index (χ2n) is 6.29. The van der Waals surface area contributed by atoms with Gasteiger partial charge in [0, 0.05) is 19.3 Å². The number of aryl methyl sites for hydroxylation is 6. The topological polar surface area (TPSA) is 37.3 Å². The summed E-state index contributed by atoms with van der Waals surface area (Å²) in [6.07, 6.45) is 0. The predicted octanol–water partition coefficient (Wildman–Crippen LogP) is 5.17. The highest BCUT2D eigenvalue weighted by Gasteiger charge is 2.15. The molecule has 0 amide bonds. The van der Waals surface area contributed by atoms with Gasteiger partial charge in [-0.15, -0.1) is 0 Å². The molecule has 2 aromatic rings. The molecule has 0 aliphatic rings. The summed E-state index contributed by atoms with van der Waals surface area (Å²) in [5.41, 5.74) is 7.79. The lowest BCUT2D eigenvalue weighted by atomic mass is 10.0. The molecule has 2 aromatic carbocycles. The van der Waals surface area contributed by atoms with Crippen molar-refractivity contribution in [1.29, 1.82) is 0 Å². The second-order valence-corrected chi connectivity index (χ2v) is 7.34. The summed E-state index contributed by atoms with van der Waals surface area (Å²) < 4.78 is 0. The van der Waals surface area contributed by atoms with Crippen LogP contribution in [0.2, 0.25) is 0 Å². The summed E-state index contributed by atoms with van der Waals surface area (Å²) in [6.45, 7) is 11.9. The summed E-state index contributed by atoms with van der Waals surface area (Å²) in [5.74, 6) is 0. The van der Waals surface area contributed by atoms with Crippen LogP contribution in [0.3, 0.4) is 0 Å². The van der Waals surface area contributed by atoms with E-state index in [0.717, 1.165) is 38.9 Å². The molecule has 0 aliphatic heterocycles. The average molecular weight is 326 g/mol. The molecule has 3 heteroatoms. The molecular weight excluding hydrogens is 303 g/mol. The van der Waals surface area contributed by atoms with Crippen LogP contribution in [0, 0.1) is 41.5 Å². The molecule has 0 bridgehead atoms. The zero-order valence-corrected chi connectivity index (χ0v) is 15.5. The first kappa shape index (κ1) is 17.6. The standard InChI is InChI=1S/C20H23O2P/c1-11-7-13(3)17(14(4)8-11)19(21)23-20(22)18-15(5)9-12(2)10-16(18)6/h7-10,21H,1-6H3. The van der Waals surface area contributed by atoms with Crippen LogP contribution >= 0.6 is 8.20 Å². The summed E-state index contributed by atoms with van der Waals surface area (Å²) in [4.78, 5) is 12.7. The maximum atomic E-state index is 12.7. The number of benzene rings is 2. The van der Waals surface area contributed by atoms with Gasteiger partial charge >= 0.3 is 0 Å². The maximum absolute atomic E-state index is 12.7. The Kier molecular flexibility index (Phi) is 5.19. The Balaban J connectivity index is 2.49. The van der Waals surface area contributed by atoms with Gasteiger partial charge in [-0.1, -0.05) is 35.4 Å². The highest BCUT2D eigenvalue weighted by Crippen LogP contribution is 2.25. The summed E-state index contributed by atoms with van der Waals surface area (Å²) in [6, 6.07) is 8.08. The minimum atomic E-state index is -0.0584. The van der Waals surface area contributed by atoms with Gasteiger partial charge in [-0.3, -0.25) is 4.79 Å². The van der Waals surface area contributed by atoms with E-state index in [2.05, 4.69) is 0 Å². The van der Waals surface area contributed by atoms with Crippen molar-refractivity contribution in [2.75, 3.05) is 0 Å². The molecule has 0 unspecified atom stereocenters. The fourth-order valence-corrected chi connectivity index (χ4v) is 4.38. The monoisotopic (exact) mass is 326 g/mol. The molecule has 0 heterocycles. The van der Waals surface area contributed by atoms with Crippen molar-refractivity contribution in [3.63, 3.8) is 0 Å². The minimum absolute atomic E-state index is 0.0584. The Hall–Kier alpha value is -1.76. The van der Waals surface area contributed by atoms with Crippen LogP contribution < -0.4 is 0 Å². The van der Waals surface area contributed by atoms with Crippen molar-refractivity contribution >= 4 is 19.2 Å². The fourth-order valence-electron chi connectivity index (χ4n) is 3.26. The van der Waals surface area contributed by atoms with Crippen molar-refractivity contribution in [2.45, 2.75) is 41.5 Å². The Morgan fingerprint density at radius 3 is 1.48 bits per heavy atom. The van der Waals surface area contributed by atoms with Gasteiger partial charge in [0.2, 0.25) is 5.52 Å². The van der Waals surface area contributed by atoms with Crippen LogP contribution in [-0.2, 0) is 0 Å². The lowest BCUT2D eigenvalue weighted by Gasteiger charge is -2.11. The van der Waals surface area contributed by atoms with E-state index in [9.17, 15) is 9.90 Å². The van der Waals surface area contributed by atoms with Crippen LogP contribution in [0.15, 0.2) is 24.3 Å². The molecule has 0 fully saturated rings. The van der Waals surface area contributed by atoms with Crippen molar-refractivity contribution < 1.29 is 9.90 Å². The third kappa shape index (κ3) is 3.77. The normalized spacial score (nSPS) is 11.7. The average Bonchev–Trinajstić information content (AvgIpc) is 2.35. The maximum Gasteiger partial charge on any atom is 0.214 e. The van der Waals surface area contributed by atoms with Gasteiger partial charge in [-0.2, -0.15) is 0 Å². The third-order valence-corrected chi connectivity index (χ3v) is 4.86. The summed E-state index contributed by atoms with van der Waals surface area (Å²) in [5, 5.41) is 10.5. The molecule has 2 nitrogen and oxygen atoms in total. The van der Waals surface area contributed by atoms with Crippen LogP contribution in [0.25, 0.3) is 0 Å². The smallest absolute Gasteiger partial charge is 0.214 e. The Bertz CT molecular complexity index is 770. The lowest BCUT2D eigenvalue weighted by molar-refractivity contribution is 0.108.